The minimum absolute atomic E-state index is 0.167. The molecule has 1 aliphatic rings. The third kappa shape index (κ3) is 4.63. The Labute approximate surface area is 146 Å². The fourth-order valence-electron chi connectivity index (χ4n) is 2.90. The van der Waals surface area contributed by atoms with E-state index in [-0.39, 0.29) is 5.91 Å². The summed E-state index contributed by atoms with van der Waals surface area (Å²) < 4.78 is 0. The highest BCUT2D eigenvalue weighted by Gasteiger charge is 2.12. The second-order valence-electron chi connectivity index (χ2n) is 6.11. The average Bonchev–Trinajstić information content (AvgIpc) is 3.26. The van der Waals surface area contributed by atoms with Gasteiger partial charge in [-0.25, -0.2) is 4.98 Å². The van der Waals surface area contributed by atoms with Crippen LogP contribution in [0, 0.1) is 0 Å². The summed E-state index contributed by atoms with van der Waals surface area (Å²) in [6, 6.07) is 8.11. The number of nitrogens with zero attached hydrogens (tertiary/aromatic N) is 2. The van der Waals surface area contributed by atoms with Crippen LogP contribution >= 0.6 is 11.3 Å². The summed E-state index contributed by atoms with van der Waals surface area (Å²) in [5, 5.41) is 5.59. The molecule has 1 aromatic carbocycles. The van der Waals surface area contributed by atoms with E-state index in [1.165, 1.54) is 42.8 Å². The predicted octanol–water partition coefficient (Wildman–Crippen LogP) is 2.53. The number of aromatic nitrogens is 1. The molecular weight excluding hydrogens is 320 g/mol. The molecule has 0 radical (unpaired) electrons. The number of likely N-dealkylation sites (tertiary alicyclic amines) is 1. The largest absolute Gasteiger partial charge is 0.330 e. The number of amides is 1. The highest BCUT2D eigenvalue weighted by molar-refractivity contribution is 7.09. The van der Waals surface area contributed by atoms with Crippen molar-refractivity contribution in [3.63, 3.8) is 0 Å². The number of thiazole rings is 1. The molecule has 6 heteroatoms. The first-order valence-corrected chi connectivity index (χ1v) is 9.39. The van der Waals surface area contributed by atoms with Gasteiger partial charge in [-0.05, 0) is 56.6 Å². The van der Waals surface area contributed by atoms with Gasteiger partial charge >= 0.3 is 0 Å². The van der Waals surface area contributed by atoms with Crippen LogP contribution in [-0.4, -0.2) is 42.0 Å². The van der Waals surface area contributed by atoms with E-state index in [0.29, 0.717) is 18.7 Å². The maximum atomic E-state index is 12.2. The monoisotopic (exact) mass is 344 g/mol. The molecule has 0 saturated carbocycles. The maximum Gasteiger partial charge on any atom is 0.275 e. The Bertz CT molecular complexity index is 662. The van der Waals surface area contributed by atoms with Gasteiger partial charge in [0.2, 0.25) is 0 Å². The Morgan fingerprint density at radius 1 is 1.21 bits per heavy atom. The second-order valence-corrected chi connectivity index (χ2v) is 7.06. The van der Waals surface area contributed by atoms with E-state index in [0.717, 1.165) is 23.7 Å². The molecular formula is C18H24N4OS. The molecule has 1 saturated heterocycles. The van der Waals surface area contributed by atoms with Gasteiger partial charge in [0.1, 0.15) is 5.69 Å². The molecule has 1 aromatic heterocycles. The topological polar surface area (TPSA) is 71.2 Å². The van der Waals surface area contributed by atoms with E-state index in [4.69, 9.17) is 5.73 Å². The molecule has 5 nitrogen and oxygen atoms in total. The van der Waals surface area contributed by atoms with Crippen LogP contribution in [0.2, 0.25) is 0 Å². The molecule has 0 aliphatic carbocycles. The van der Waals surface area contributed by atoms with Gasteiger partial charge in [0.15, 0.2) is 0 Å². The zero-order valence-corrected chi connectivity index (χ0v) is 14.6. The maximum absolute atomic E-state index is 12.2. The summed E-state index contributed by atoms with van der Waals surface area (Å²) in [5.74, 6) is -0.167. The Morgan fingerprint density at radius 2 is 1.96 bits per heavy atom. The summed E-state index contributed by atoms with van der Waals surface area (Å²) >= 11 is 1.48. The van der Waals surface area contributed by atoms with E-state index < -0.39 is 0 Å². The molecule has 2 aromatic rings. The normalized spacial score (nSPS) is 14.9. The number of benzene rings is 1. The van der Waals surface area contributed by atoms with Crippen molar-refractivity contribution in [2.45, 2.75) is 25.7 Å². The van der Waals surface area contributed by atoms with Crippen LogP contribution in [-0.2, 0) is 12.8 Å². The number of anilines is 1. The summed E-state index contributed by atoms with van der Waals surface area (Å²) in [5.41, 5.74) is 8.08. The van der Waals surface area contributed by atoms with Crippen LogP contribution in [0.5, 0.6) is 0 Å². The molecule has 24 heavy (non-hydrogen) atoms. The Balaban J connectivity index is 1.51. The number of rotatable bonds is 7. The standard InChI is InChI=1S/C18H24N4OS/c19-9-7-17-21-16(13-24-17)18(23)20-15-5-3-14(4-6-15)8-12-22-10-1-2-11-22/h3-6,13H,1-2,7-12,19H2,(H,20,23). The van der Waals surface area contributed by atoms with Gasteiger partial charge in [0, 0.05) is 24.0 Å². The first-order chi connectivity index (χ1) is 11.7. The molecule has 2 heterocycles. The van der Waals surface area contributed by atoms with Crippen molar-refractivity contribution in [1.82, 2.24) is 9.88 Å². The third-order valence-electron chi connectivity index (χ3n) is 4.27. The van der Waals surface area contributed by atoms with Crippen LogP contribution < -0.4 is 11.1 Å². The molecule has 0 spiro atoms. The number of hydrogen-bond acceptors (Lipinski definition) is 5. The van der Waals surface area contributed by atoms with Crippen molar-refractivity contribution < 1.29 is 4.79 Å². The smallest absolute Gasteiger partial charge is 0.275 e. The van der Waals surface area contributed by atoms with E-state index in [1.807, 2.05) is 12.1 Å². The van der Waals surface area contributed by atoms with E-state index in [2.05, 4.69) is 27.3 Å². The molecule has 3 N–H and O–H groups in total. The van der Waals surface area contributed by atoms with Crippen molar-refractivity contribution >= 4 is 22.9 Å². The lowest BCUT2D eigenvalue weighted by molar-refractivity contribution is 0.102. The zero-order valence-electron chi connectivity index (χ0n) is 13.8. The Kier molecular flexibility index (Phi) is 5.96. The molecule has 1 amide bonds. The highest BCUT2D eigenvalue weighted by Crippen LogP contribution is 2.15. The Morgan fingerprint density at radius 3 is 2.67 bits per heavy atom. The lowest BCUT2D eigenvalue weighted by atomic mass is 10.1. The van der Waals surface area contributed by atoms with Gasteiger partial charge in [-0.3, -0.25) is 4.79 Å². The minimum atomic E-state index is -0.167. The van der Waals surface area contributed by atoms with Gasteiger partial charge in [0.25, 0.3) is 5.91 Å². The SMILES string of the molecule is NCCc1nc(C(=O)Nc2ccc(CCN3CCCC3)cc2)cs1. The molecule has 0 atom stereocenters. The van der Waals surface area contributed by atoms with Gasteiger partial charge in [0.05, 0.1) is 5.01 Å². The quantitative estimate of drug-likeness (QED) is 0.810. The number of hydrogen-bond donors (Lipinski definition) is 2. The predicted molar refractivity (Wildman–Crippen MR) is 98.6 cm³/mol. The van der Waals surface area contributed by atoms with Crippen molar-refractivity contribution in [2.24, 2.45) is 5.73 Å². The number of nitrogens with two attached hydrogens (primary N) is 1. The van der Waals surface area contributed by atoms with Gasteiger partial charge in [-0.15, -0.1) is 11.3 Å². The van der Waals surface area contributed by atoms with E-state index in [1.54, 1.807) is 5.38 Å². The number of nitrogens with one attached hydrogen (secondary N) is 1. The first-order valence-electron chi connectivity index (χ1n) is 8.52. The van der Waals surface area contributed by atoms with Gasteiger partial charge < -0.3 is 16.0 Å². The van der Waals surface area contributed by atoms with Crippen molar-refractivity contribution in [1.29, 1.82) is 0 Å². The molecule has 3 rings (SSSR count). The number of carbonyl (C=O) groups excluding carboxylic acids is 1. The minimum Gasteiger partial charge on any atom is -0.330 e. The van der Waals surface area contributed by atoms with Crippen LogP contribution in [0.25, 0.3) is 0 Å². The van der Waals surface area contributed by atoms with E-state index >= 15 is 0 Å². The van der Waals surface area contributed by atoms with Gasteiger partial charge in [-0.1, -0.05) is 12.1 Å². The third-order valence-corrected chi connectivity index (χ3v) is 5.18. The lowest BCUT2D eigenvalue weighted by Gasteiger charge is -2.14. The zero-order chi connectivity index (χ0) is 16.8. The Hall–Kier alpha value is -1.76. The molecule has 0 unspecified atom stereocenters. The fourth-order valence-corrected chi connectivity index (χ4v) is 3.69. The summed E-state index contributed by atoms with van der Waals surface area (Å²) in [4.78, 5) is 19.0. The van der Waals surface area contributed by atoms with Crippen LogP contribution in [0.15, 0.2) is 29.6 Å². The van der Waals surface area contributed by atoms with E-state index in [9.17, 15) is 4.79 Å². The first kappa shape index (κ1) is 17.1. The van der Waals surface area contributed by atoms with Crippen molar-refractivity contribution in [3.8, 4) is 0 Å². The molecule has 0 bridgehead atoms. The van der Waals surface area contributed by atoms with Crippen molar-refractivity contribution in [3.05, 3.63) is 45.9 Å². The molecule has 128 valence electrons. The van der Waals surface area contributed by atoms with Crippen LogP contribution in [0.4, 0.5) is 5.69 Å². The summed E-state index contributed by atoms with van der Waals surface area (Å²) in [6.45, 7) is 4.13. The average molecular weight is 344 g/mol. The van der Waals surface area contributed by atoms with Crippen LogP contribution in [0.1, 0.15) is 33.9 Å². The van der Waals surface area contributed by atoms with Crippen molar-refractivity contribution in [2.75, 3.05) is 31.5 Å². The second kappa shape index (κ2) is 8.37. The summed E-state index contributed by atoms with van der Waals surface area (Å²) in [6.07, 6.45) is 4.43. The lowest BCUT2D eigenvalue weighted by Crippen LogP contribution is -2.21. The van der Waals surface area contributed by atoms with Crippen LogP contribution in [0.3, 0.4) is 0 Å². The van der Waals surface area contributed by atoms with Gasteiger partial charge in [-0.2, -0.15) is 0 Å². The highest BCUT2D eigenvalue weighted by atomic mass is 32.1. The summed E-state index contributed by atoms with van der Waals surface area (Å²) in [7, 11) is 0. The molecule has 1 fully saturated rings. The molecule has 1 aliphatic heterocycles. The number of carbonyl (C=O) groups is 1. The fraction of sp³-hybridized carbons (Fsp3) is 0.444.